The average Bonchev–Trinajstić information content (AvgIpc) is 2.76. The van der Waals surface area contributed by atoms with Crippen LogP contribution >= 0.6 is 0 Å². The zero-order chi connectivity index (χ0) is 13.1. The highest BCUT2D eigenvalue weighted by atomic mass is 16.4. The van der Waals surface area contributed by atoms with Gasteiger partial charge < -0.3 is 20.4 Å². The number of urea groups is 1. The van der Waals surface area contributed by atoms with E-state index in [4.69, 9.17) is 5.11 Å². The van der Waals surface area contributed by atoms with Crippen molar-refractivity contribution in [2.24, 2.45) is 0 Å². The van der Waals surface area contributed by atoms with Gasteiger partial charge in [0.2, 0.25) is 0 Å². The smallest absolute Gasteiger partial charge is 0.335 e. The molecule has 2 rings (SSSR count). The second-order valence-corrected chi connectivity index (χ2v) is 4.20. The molecule has 0 saturated carbocycles. The molecule has 0 radical (unpaired) electrons. The SMILES string of the molecule is O=C(O)c1ccc(NC(=O)N2CCC(O)C2)cc1. The molecule has 18 heavy (non-hydrogen) atoms. The molecule has 0 aromatic heterocycles. The molecule has 1 saturated heterocycles. The van der Waals surface area contributed by atoms with E-state index in [9.17, 15) is 14.7 Å². The molecule has 0 bridgehead atoms. The molecule has 1 fully saturated rings. The first-order valence-corrected chi connectivity index (χ1v) is 5.63. The number of nitrogens with one attached hydrogen (secondary N) is 1. The van der Waals surface area contributed by atoms with E-state index in [0.29, 0.717) is 25.2 Å². The van der Waals surface area contributed by atoms with Crippen molar-refractivity contribution in [2.75, 3.05) is 18.4 Å². The number of rotatable bonds is 2. The quantitative estimate of drug-likeness (QED) is 0.730. The first-order chi connectivity index (χ1) is 8.56. The minimum atomic E-state index is -1.00. The fourth-order valence-corrected chi connectivity index (χ4v) is 1.82. The Labute approximate surface area is 104 Å². The Morgan fingerprint density at radius 1 is 1.28 bits per heavy atom. The van der Waals surface area contributed by atoms with Gasteiger partial charge >= 0.3 is 12.0 Å². The van der Waals surface area contributed by atoms with E-state index < -0.39 is 12.1 Å². The molecule has 1 heterocycles. The molecule has 2 amide bonds. The Balaban J connectivity index is 1.97. The molecule has 1 unspecified atom stereocenters. The van der Waals surface area contributed by atoms with Gasteiger partial charge in [-0.3, -0.25) is 0 Å². The fourth-order valence-electron chi connectivity index (χ4n) is 1.82. The summed E-state index contributed by atoms with van der Waals surface area (Å²) < 4.78 is 0. The Bertz CT molecular complexity index is 458. The van der Waals surface area contributed by atoms with Gasteiger partial charge in [-0.2, -0.15) is 0 Å². The molecule has 1 aliphatic heterocycles. The highest BCUT2D eigenvalue weighted by molar-refractivity contribution is 5.91. The molecule has 1 aromatic rings. The third-order valence-corrected chi connectivity index (χ3v) is 2.83. The first kappa shape index (κ1) is 12.4. The lowest BCUT2D eigenvalue weighted by Gasteiger charge is -2.16. The standard InChI is InChI=1S/C12H14N2O4/c15-10-5-6-14(7-10)12(18)13-9-3-1-8(2-4-9)11(16)17/h1-4,10,15H,5-7H2,(H,13,18)(H,16,17). The van der Waals surface area contributed by atoms with Crippen LogP contribution < -0.4 is 5.32 Å². The van der Waals surface area contributed by atoms with Crippen LogP contribution in [-0.2, 0) is 0 Å². The van der Waals surface area contributed by atoms with Gasteiger partial charge in [0.25, 0.3) is 0 Å². The van der Waals surface area contributed by atoms with Gasteiger partial charge in [0.05, 0.1) is 11.7 Å². The molecular formula is C12H14N2O4. The second-order valence-electron chi connectivity index (χ2n) is 4.20. The minimum Gasteiger partial charge on any atom is -0.478 e. The second kappa shape index (κ2) is 5.05. The summed E-state index contributed by atoms with van der Waals surface area (Å²) in [6.07, 6.45) is 0.135. The summed E-state index contributed by atoms with van der Waals surface area (Å²) in [5.74, 6) is -1.00. The van der Waals surface area contributed by atoms with E-state index >= 15 is 0 Å². The van der Waals surface area contributed by atoms with Crippen molar-refractivity contribution >= 4 is 17.7 Å². The summed E-state index contributed by atoms with van der Waals surface area (Å²) in [5.41, 5.74) is 0.705. The van der Waals surface area contributed by atoms with Crippen molar-refractivity contribution in [2.45, 2.75) is 12.5 Å². The highest BCUT2D eigenvalue weighted by Crippen LogP contribution is 2.13. The van der Waals surface area contributed by atoms with Crippen molar-refractivity contribution in [1.82, 2.24) is 4.90 Å². The number of carbonyl (C=O) groups excluding carboxylic acids is 1. The predicted molar refractivity (Wildman–Crippen MR) is 64.6 cm³/mol. The lowest BCUT2D eigenvalue weighted by Crippen LogP contribution is -2.33. The molecular weight excluding hydrogens is 236 g/mol. The van der Waals surface area contributed by atoms with Crippen molar-refractivity contribution in [3.8, 4) is 0 Å². The molecule has 6 nitrogen and oxygen atoms in total. The van der Waals surface area contributed by atoms with Crippen LogP contribution in [0.15, 0.2) is 24.3 Å². The van der Waals surface area contributed by atoms with E-state index in [1.807, 2.05) is 0 Å². The van der Waals surface area contributed by atoms with Gasteiger partial charge in [-0.05, 0) is 30.7 Å². The van der Waals surface area contributed by atoms with Crippen molar-refractivity contribution in [1.29, 1.82) is 0 Å². The van der Waals surface area contributed by atoms with E-state index in [1.54, 1.807) is 0 Å². The normalized spacial score (nSPS) is 18.7. The van der Waals surface area contributed by atoms with Crippen molar-refractivity contribution in [3.63, 3.8) is 0 Å². The van der Waals surface area contributed by atoms with Crippen molar-refractivity contribution in [3.05, 3.63) is 29.8 Å². The third-order valence-electron chi connectivity index (χ3n) is 2.83. The monoisotopic (exact) mass is 250 g/mol. The Morgan fingerprint density at radius 2 is 1.94 bits per heavy atom. The third kappa shape index (κ3) is 2.78. The molecule has 96 valence electrons. The number of aromatic carboxylic acids is 1. The summed E-state index contributed by atoms with van der Waals surface area (Å²) in [6, 6.07) is 5.64. The van der Waals surface area contributed by atoms with Gasteiger partial charge in [-0.25, -0.2) is 9.59 Å². The summed E-state index contributed by atoms with van der Waals surface area (Å²) in [4.78, 5) is 23.9. The number of aliphatic hydroxyl groups excluding tert-OH is 1. The Hall–Kier alpha value is -2.08. The van der Waals surface area contributed by atoms with Crippen LogP contribution in [0.5, 0.6) is 0 Å². The average molecular weight is 250 g/mol. The number of amides is 2. The summed E-state index contributed by atoms with van der Waals surface area (Å²) >= 11 is 0. The summed E-state index contributed by atoms with van der Waals surface area (Å²) in [5, 5.41) is 20.7. The van der Waals surface area contributed by atoms with E-state index in [-0.39, 0.29) is 11.6 Å². The van der Waals surface area contributed by atoms with Gasteiger partial charge in [-0.1, -0.05) is 0 Å². The van der Waals surface area contributed by atoms with Gasteiger partial charge in [0.1, 0.15) is 0 Å². The zero-order valence-electron chi connectivity index (χ0n) is 9.67. The highest BCUT2D eigenvalue weighted by Gasteiger charge is 2.24. The predicted octanol–water partition coefficient (Wildman–Crippen LogP) is 0.983. The first-order valence-electron chi connectivity index (χ1n) is 5.63. The number of carboxylic acid groups (broad SMARTS) is 1. The summed E-state index contributed by atoms with van der Waals surface area (Å²) in [6.45, 7) is 0.860. The molecule has 0 spiro atoms. The van der Waals surface area contributed by atoms with E-state index in [1.165, 1.54) is 29.2 Å². The summed E-state index contributed by atoms with van der Waals surface area (Å²) in [7, 11) is 0. The van der Waals surface area contributed by atoms with Gasteiger partial charge in [-0.15, -0.1) is 0 Å². The topological polar surface area (TPSA) is 89.9 Å². The number of hydrogen-bond acceptors (Lipinski definition) is 3. The van der Waals surface area contributed by atoms with Crippen LogP contribution in [0.2, 0.25) is 0 Å². The molecule has 1 aromatic carbocycles. The molecule has 1 aliphatic rings. The molecule has 0 aliphatic carbocycles. The Morgan fingerprint density at radius 3 is 2.44 bits per heavy atom. The number of carbonyl (C=O) groups is 2. The van der Waals surface area contributed by atoms with Gasteiger partial charge in [0, 0.05) is 18.8 Å². The largest absolute Gasteiger partial charge is 0.478 e. The number of likely N-dealkylation sites (tertiary alicyclic amines) is 1. The van der Waals surface area contributed by atoms with Crippen LogP contribution in [-0.4, -0.2) is 46.3 Å². The van der Waals surface area contributed by atoms with Crippen LogP contribution in [0.25, 0.3) is 0 Å². The number of nitrogens with zero attached hydrogens (tertiary/aromatic N) is 1. The number of aliphatic hydroxyl groups is 1. The van der Waals surface area contributed by atoms with Crippen LogP contribution in [0.1, 0.15) is 16.8 Å². The van der Waals surface area contributed by atoms with Crippen LogP contribution in [0.4, 0.5) is 10.5 Å². The number of β-amino-alcohol motifs (C(OH)–C–C–N with tert-alkyl or cyclic N) is 1. The number of carboxylic acids is 1. The van der Waals surface area contributed by atoms with Gasteiger partial charge in [0.15, 0.2) is 0 Å². The van der Waals surface area contributed by atoms with Crippen LogP contribution in [0, 0.1) is 0 Å². The Kier molecular flexibility index (Phi) is 3.47. The zero-order valence-corrected chi connectivity index (χ0v) is 9.67. The van der Waals surface area contributed by atoms with E-state index in [2.05, 4.69) is 5.32 Å². The number of anilines is 1. The fraction of sp³-hybridized carbons (Fsp3) is 0.333. The van der Waals surface area contributed by atoms with Crippen LogP contribution in [0.3, 0.4) is 0 Å². The maximum Gasteiger partial charge on any atom is 0.335 e. The molecule has 6 heteroatoms. The lowest BCUT2D eigenvalue weighted by molar-refractivity contribution is 0.0697. The lowest BCUT2D eigenvalue weighted by atomic mass is 10.2. The maximum atomic E-state index is 11.8. The van der Waals surface area contributed by atoms with E-state index in [0.717, 1.165) is 0 Å². The molecule has 1 atom stereocenters. The number of hydrogen-bond donors (Lipinski definition) is 3. The van der Waals surface area contributed by atoms with Crippen molar-refractivity contribution < 1.29 is 19.8 Å². The maximum absolute atomic E-state index is 11.8. The minimum absolute atomic E-state index is 0.171. The number of benzene rings is 1. The molecule has 3 N–H and O–H groups in total.